The number of nitrogens with zero attached hydrogens (tertiary/aromatic N) is 1. The Hall–Kier alpha value is -1.33. The fraction of sp³-hybridized carbons (Fsp3) is 0.385. The monoisotopic (exact) mass is 268 g/mol. The van der Waals surface area contributed by atoms with Gasteiger partial charge in [0.1, 0.15) is 0 Å². The highest BCUT2D eigenvalue weighted by Crippen LogP contribution is 2.23. The smallest absolute Gasteiger partial charge is 0.243 e. The van der Waals surface area contributed by atoms with Crippen LogP contribution < -0.4 is 5.73 Å². The summed E-state index contributed by atoms with van der Waals surface area (Å²) in [4.78, 5) is 0.262. The van der Waals surface area contributed by atoms with Crippen LogP contribution in [0.4, 0.5) is 5.69 Å². The number of nitrogen functional groups attached to an aromatic ring is 1. The summed E-state index contributed by atoms with van der Waals surface area (Å²) in [6.45, 7) is 9.32. The predicted molar refractivity (Wildman–Crippen MR) is 74.8 cm³/mol. The van der Waals surface area contributed by atoms with Crippen molar-refractivity contribution < 1.29 is 8.42 Å². The lowest BCUT2D eigenvalue weighted by Crippen LogP contribution is -2.37. The number of benzene rings is 1. The van der Waals surface area contributed by atoms with Crippen molar-refractivity contribution in [3.8, 4) is 0 Å². The van der Waals surface area contributed by atoms with Crippen molar-refractivity contribution in [3.05, 3.63) is 36.4 Å². The standard InChI is InChI=1S/C13H20N2O2S/c1-5-8-15(10(2)3)18(16,17)13-9-12(14)7-6-11(13)4/h5-7,9-10H,1,8,14H2,2-4H3. The molecule has 0 saturated carbocycles. The number of nitrogens with two attached hydrogens (primary N) is 1. The minimum absolute atomic E-state index is 0.131. The average Bonchev–Trinajstić information content (AvgIpc) is 2.28. The van der Waals surface area contributed by atoms with Crippen molar-refractivity contribution in [2.45, 2.75) is 31.7 Å². The van der Waals surface area contributed by atoms with Crippen molar-refractivity contribution in [1.82, 2.24) is 4.31 Å². The van der Waals surface area contributed by atoms with Crippen LogP contribution in [-0.4, -0.2) is 25.3 Å². The third kappa shape index (κ3) is 2.91. The second-order valence-electron chi connectivity index (χ2n) is 4.48. The van der Waals surface area contributed by atoms with E-state index in [1.54, 1.807) is 25.1 Å². The Kier molecular flexibility index (Phi) is 4.53. The van der Waals surface area contributed by atoms with Crippen molar-refractivity contribution in [1.29, 1.82) is 0 Å². The number of rotatable bonds is 5. The third-order valence-electron chi connectivity index (χ3n) is 2.68. The van der Waals surface area contributed by atoms with E-state index in [1.807, 2.05) is 13.8 Å². The van der Waals surface area contributed by atoms with Crippen molar-refractivity contribution in [3.63, 3.8) is 0 Å². The Morgan fingerprint density at radius 3 is 2.56 bits per heavy atom. The molecule has 0 aliphatic heterocycles. The van der Waals surface area contributed by atoms with Crippen LogP contribution in [-0.2, 0) is 10.0 Å². The summed E-state index contributed by atoms with van der Waals surface area (Å²) in [6, 6.07) is 4.79. The molecule has 0 heterocycles. The van der Waals surface area contributed by atoms with E-state index >= 15 is 0 Å². The van der Waals surface area contributed by atoms with Gasteiger partial charge in [-0.1, -0.05) is 12.1 Å². The molecule has 0 amide bonds. The second kappa shape index (κ2) is 5.54. The van der Waals surface area contributed by atoms with Crippen molar-refractivity contribution in [2.75, 3.05) is 12.3 Å². The van der Waals surface area contributed by atoms with E-state index in [-0.39, 0.29) is 17.5 Å². The van der Waals surface area contributed by atoms with E-state index in [0.717, 1.165) is 0 Å². The molecule has 5 heteroatoms. The van der Waals surface area contributed by atoms with E-state index in [4.69, 9.17) is 5.73 Å². The lowest BCUT2D eigenvalue weighted by Gasteiger charge is -2.25. The molecule has 18 heavy (non-hydrogen) atoms. The molecule has 1 aromatic carbocycles. The molecule has 2 N–H and O–H groups in total. The number of aryl methyl sites for hydroxylation is 1. The zero-order valence-electron chi connectivity index (χ0n) is 11.1. The first-order valence-electron chi connectivity index (χ1n) is 5.79. The van der Waals surface area contributed by atoms with Gasteiger partial charge in [0.25, 0.3) is 0 Å². The van der Waals surface area contributed by atoms with Gasteiger partial charge in [-0.2, -0.15) is 4.31 Å². The van der Waals surface area contributed by atoms with E-state index in [0.29, 0.717) is 11.3 Å². The first-order chi connectivity index (χ1) is 8.30. The Labute approximate surface area is 109 Å². The molecule has 0 aliphatic rings. The molecule has 1 aromatic rings. The van der Waals surface area contributed by atoms with Gasteiger partial charge in [0.2, 0.25) is 10.0 Å². The Bertz CT molecular complexity index is 536. The highest BCUT2D eigenvalue weighted by Gasteiger charge is 2.27. The molecule has 0 aliphatic carbocycles. The Balaban J connectivity index is 3.35. The van der Waals surface area contributed by atoms with Crippen LogP contribution in [0, 0.1) is 6.92 Å². The molecule has 0 unspecified atom stereocenters. The van der Waals surface area contributed by atoms with Gasteiger partial charge in [-0.25, -0.2) is 8.42 Å². The van der Waals surface area contributed by atoms with Crippen LogP contribution in [0.2, 0.25) is 0 Å². The number of anilines is 1. The average molecular weight is 268 g/mol. The van der Waals surface area contributed by atoms with Crippen LogP contribution in [0.15, 0.2) is 35.7 Å². The molecule has 0 atom stereocenters. The van der Waals surface area contributed by atoms with E-state index in [9.17, 15) is 8.42 Å². The van der Waals surface area contributed by atoms with Gasteiger partial charge in [-0.05, 0) is 38.5 Å². The molecular weight excluding hydrogens is 248 g/mol. The highest BCUT2D eigenvalue weighted by molar-refractivity contribution is 7.89. The molecule has 4 nitrogen and oxygen atoms in total. The summed E-state index contributed by atoms with van der Waals surface area (Å²) in [5, 5.41) is 0. The topological polar surface area (TPSA) is 63.4 Å². The molecular formula is C13H20N2O2S. The Morgan fingerprint density at radius 1 is 1.44 bits per heavy atom. The SMILES string of the molecule is C=CCN(C(C)C)S(=O)(=O)c1cc(N)ccc1C. The fourth-order valence-electron chi connectivity index (χ4n) is 1.73. The summed E-state index contributed by atoms with van der Waals surface area (Å²) >= 11 is 0. The summed E-state index contributed by atoms with van der Waals surface area (Å²) in [7, 11) is -3.53. The molecule has 0 fully saturated rings. The molecule has 100 valence electrons. The number of hydrogen-bond acceptors (Lipinski definition) is 3. The van der Waals surface area contributed by atoms with Crippen molar-refractivity contribution in [2.24, 2.45) is 0 Å². The molecule has 1 rings (SSSR count). The first-order valence-corrected chi connectivity index (χ1v) is 7.23. The van der Waals surface area contributed by atoms with Crippen LogP contribution >= 0.6 is 0 Å². The number of sulfonamides is 1. The molecule has 0 aromatic heterocycles. The zero-order valence-corrected chi connectivity index (χ0v) is 11.9. The lowest BCUT2D eigenvalue weighted by atomic mass is 10.2. The van der Waals surface area contributed by atoms with Gasteiger partial charge in [0.15, 0.2) is 0 Å². The quantitative estimate of drug-likeness (QED) is 0.657. The van der Waals surface area contributed by atoms with Crippen LogP contribution in [0.25, 0.3) is 0 Å². The Morgan fingerprint density at radius 2 is 2.06 bits per heavy atom. The normalized spacial score (nSPS) is 12.1. The van der Waals surface area contributed by atoms with E-state index < -0.39 is 10.0 Å². The first kappa shape index (κ1) is 14.7. The van der Waals surface area contributed by atoms with Crippen molar-refractivity contribution >= 4 is 15.7 Å². The van der Waals surface area contributed by atoms with Crippen LogP contribution in [0.1, 0.15) is 19.4 Å². The molecule has 0 bridgehead atoms. The van der Waals surface area contributed by atoms with Crippen LogP contribution in [0.5, 0.6) is 0 Å². The predicted octanol–water partition coefficient (Wildman–Crippen LogP) is 2.16. The summed E-state index contributed by atoms with van der Waals surface area (Å²) < 4.78 is 26.5. The summed E-state index contributed by atoms with van der Waals surface area (Å²) in [6.07, 6.45) is 1.58. The van der Waals surface area contributed by atoms with Gasteiger partial charge >= 0.3 is 0 Å². The molecule has 0 spiro atoms. The minimum atomic E-state index is -3.53. The molecule has 0 radical (unpaired) electrons. The zero-order chi connectivity index (χ0) is 13.9. The van der Waals surface area contributed by atoms with Gasteiger partial charge < -0.3 is 5.73 Å². The lowest BCUT2D eigenvalue weighted by molar-refractivity contribution is 0.382. The van der Waals surface area contributed by atoms with Gasteiger partial charge in [-0.3, -0.25) is 0 Å². The maximum Gasteiger partial charge on any atom is 0.243 e. The fourth-order valence-corrected chi connectivity index (χ4v) is 3.60. The van der Waals surface area contributed by atoms with E-state index in [1.165, 1.54) is 10.4 Å². The second-order valence-corrected chi connectivity index (χ2v) is 6.34. The largest absolute Gasteiger partial charge is 0.399 e. The maximum absolute atomic E-state index is 12.6. The van der Waals surface area contributed by atoms with Gasteiger partial charge in [0, 0.05) is 18.3 Å². The van der Waals surface area contributed by atoms with Gasteiger partial charge in [0.05, 0.1) is 4.90 Å². The van der Waals surface area contributed by atoms with Gasteiger partial charge in [-0.15, -0.1) is 6.58 Å². The van der Waals surface area contributed by atoms with Crippen LogP contribution in [0.3, 0.4) is 0 Å². The highest BCUT2D eigenvalue weighted by atomic mass is 32.2. The number of hydrogen-bond donors (Lipinski definition) is 1. The van der Waals surface area contributed by atoms with E-state index in [2.05, 4.69) is 6.58 Å². The minimum Gasteiger partial charge on any atom is -0.399 e. The maximum atomic E-state index is 12.6. The third-order valence-corrected chi connectivity index (χ3v) is 4.87. The summed E-state index contributed by atoms with van der Waals surface area (Å²) in [5.74, 6) is 0. The molecule has 0 saturated heterocycles. The summed E-state index contributed by atoms with van der Waals surface area (Å²) in [5.41, 5.74) is 6.81.